The predicted octanol–water partition coefficient (Wildman–Crippen LogP) is 1.80. The first kappa shape index (κ1) is 9.58. The van der Waals surface area contributed by atoms with Gasteiger partial charge in [0.15, 0.2) is 5.76 Å². The Kier molecular flexibility index (Phi) is 2.26. The van der Waals surface area contributed by atoms with E-state index in [9.17, 15) is 0 Å². The first-order chi connectivity index (χ1) is 6.63. The fraction of sp³-hybridized carbons (Fsp3) is 0.444. The van der Waals surface area contributed by atoms with E-state index in [-0.39, 0.29) is 0 Å². The minimum atomic E-state index is 0.759. The van der Waals surface area contributed by atoms with Crippen molar-refractivity contribution in [3.05, 3.63) is 22.1 Å². The maximum atomic E-state index is 5.32. The van der Waals surface area contributed by atoms with Crippen LogP contribution in [-0.2, 0) is 11.4 Å². The Balaban J connectivity index is 2.57. The van der Waals surface area contributed by atoms with Crippen LogP contribution in [0.25, 0.3) is 5.76 Å². The molecule has 0 saturated heterocycles. The lowest BCUT2D eigenvalue weighted by atomic mass is 10.2. The number of halogens is 1. The highest BCUT2D eigenvalue weighted by Gasteiger charge is 2.21. The predicted molar refractivity (Wildman–Crippen MR) is 57.4 cm³/mol. The molecule has 2 rings (SSSR count). The number of rotatable bonds is 1. The summed E-state index contributed by atoms with van der Waals surface area (Å²) >= 11 is 3.42. The van der Waals surface area contributed by atoms with Crippen molar-refractivity contribution < 1.29 is 4.74 Å². The van der Waals surface area contributed by atoms with Crippen LogP contribution in [0.3, 0.4) is 0 Å². The van der Waals surface area contributed by atoms with Gasteiger partial charge in [0.25, 0.3) is 0 Å². The number of hydrogen-bond donors (Lipinski definition) is 0. The first-order valence-electron chi connectivity index (χ1n) is 4.33. The Labute approximate surface area is 91.3 Å². The van der Waals surface area contributed by atoms with Gasteiger partial charge < -0.3 is 9.64 Å². The molecule has 0 bridgehead atoms. The molecule has 0 spiro atoms. The quantitative estimate of drug-likeness (QED) is 0.769. The third-order valence-electron chi connectivity index (χ3n) is 2.28. The van der Waals surface area contributed by atoms with Crippen LogP contribution in [0.4, 0.5) is 0 Å². The second-order valence-electron chi connectivity index (χ2n) is 3.36. The molecule has 2 heterocycles. The number of fused-ring (bicyclic) bond motifs is 1. The highest BCUT2D eigenvalue weighted by Crippen LogP contribution is 2.28. The lowest BCUT2D eigenvalue weighted by molar-refractivity contribution is 0.287. The monoisotopic (exact) mass is 257 g/mol. The zero-order valence-corrected chi connectivity index (χ0v) is 10.00. The van der Waals surface area contributed by atoms with E-state index >= 15 is 0 Å². The van der Waals surface area contributed by atoms with Gasteiger partial charge in [-0.15, -0.1) is 0 Å². The maximum Gasteiger partial charge on any atom is 0.160 e. The van der Waals surface area contributed by atoms with Crippen LogP contribution in [0.1, 0.15) is 11.3 Å². The SMILES string of the molecule is COC1=CN(C)Cn2nc(Br)c(C)c21. The molecule has 1 aromatic rings. The fourth-order valence-electron chi connectivity index (χ4n) is 1.60. The van der Waals surface area contributed by atoms with E-state index in [0.717, 1.165) is 28.3 Å². The average Bonchev–Trinajstić information content (AvgIpc) is 2.41. The van der Waals surface area contributed by atoms with Gasteiger partial charge >= 0.3 is 0 Å². The second-order valence-corrected chi connectivity index (χ2v) is 4.11. The van der Waals surface area contributed by atoms with E-state index in [1.807, 2.05) is 29.8 Å². The van der Waals surface area contributed by atoms with Crippen molar-refractivity contribution in [2.75, 3.05) is 14.2 Å². The Morgan fingerprint density at radius 3 is 2.93 bits per heavy atom. The molecule has 76 valence electrons. The van der Waals surface area contributed by atoms with Crippen LogP contribution in [0.15, 0.2) is 10.8 Å². The summed E-state index contributed by atoms with van der Waals surface area (Å²) in [6, 6.07) is 0. The van der Waals surface area contributed by atoms with Crippen molar-refractivity contribution in [2.24, 2.45) is 0 Å². The topological polar surface area (TPSA) is 30.3 Å². The molecular formula is C9H12BrN3O. The summed E-state index contributed by atoms with van der Waals surface area (Å²) in [6.07, 6.45) is 1.98. The van der Waals surface area contributed by atoms with Gasteiger partial charge in [-0.1, -0.05) is 0 Å². The third kappa shape index (κ3) is 1.32. The number of methoxy groups -OCH3 is 1. The van der Waals surface area contributed by atoms with Gasteiger partial charge in [-0.05, 0) is 22.9 Å². The van der Waals surface area contributed by atoms with Gasteiger partial charge in [0.05, 0.1) is 7.11 Å². The highest BCUT2D eigenvalue weighted by molar-refractivity contribution is 9.10. The Hall–Kier alpha value is -0.970. The van der Waals surface area contributed by atoms with E-state index in [1.54, 1.807) is 7.11 Å². The van der Waals surface area contributed by atoms with Crippen LogP contribution in [-0.4, -0.2) is 28.8 Å². The molecule has 0 saturated carbocycles. The van der Waals surface area contributed by atoms with Crippen LogP contribution in [0, 0.1) is 6.92 Å². The van der Waals surface area contributed by atoms with Crippen molar-refractivity contribution in [1.82, 2.24) is 14.7 Å². The fourth-order valence-corrected chi connectivity index (χ4v) is 1.98. The van der Waals surface area contributed by atoms with Crippen molar-refractivity contribution >= 4 is 21.7 Å². The zero-order valence-electron chi connectivity index (χ0n) is 8.41. The normalized spacial score (nSPS) is 15.1. The summed E-state index contributed by atoms with van der Waals surface area (Å²) in [7, 11) is 3.67. The van der Waals surface area contributed by atoms with Gasteiger partial charge in [-0.25, -0.2) is 4.68 Å². The highest BCUT2D eigenvalue weighted by atomic mass is 79.9. The maximum absolute atomic E-state index is 5.32. The van der Waals surface area contributed by atoms with Gasteiger partial charge in [0.2, 0.25) is 0 Å². The van der Waals surface area contributed by atoms with E-state index in [1.165, 1.54) is 0 Å². The van der Waals surface area contributed by atoms with Crippen LogP contribution >= 0.6 is 15.9 Å². The molecule has 1 aliphatic heterocycles. The third-order valence-corrected chi connectivity index (χ3v) is 3.03. The summed E-state index contributed by atoms with van der Waals surface area (Å²) in [5.74, 6) is 0.856. The number of nitrogens with zero attached hydrogens (tertiary/aromatic N) is 3. The molecule has 0 N–H and O–H groups in total. The standard InChI is InChI=1S/C9H12BrN3O/c1-6-8-7(14-3)4-12(2)5-13(8)11-9(6)10/h4H,5H2,1-3H3. The summed E-state index contributed by atoms with van der Waals surface area (Å²) in [4.78, 5) is 2.03. The molecule has 1 aliphatic rings. The molecule has 5 heteroatoms. The van der Waals surface area contributed by atoms with E-state index < -0.39 is 0 Å². The smallest absolute Gasteiger partial charge is 0.160 e. The average molecular weight is 258 g/mol. The largest absolute Gasteiger partial charge is 0.493 e. The van der Waals surface area contributed by atoms with Crippen molar-refractivity contribution in [1.29, 1.82) is 0 Å². The van der Waals surface area contributed by atoms with Gasteiger partial charge in [-0.3, -0.25) is 0 Å². The molecule has 4 nitrogen and oxygen atoms in total. The molecule has 0 aliphatic carbocycles. The van der Waals surface area contributed by atoms with Gasteiger partial charge in [0.1, 0.15) is 17.0 Å². The molecular weight excluding hydrogens is 246 g/mol. The van der Waals surface area contributed by atoms with E-state index in [4.69, 9.17) is 4.74 Å². The summed E-state index contributed by atoms with van der Waals surface area (Å²) in [5.41, 5.74) is 2.17. The molecule has 0 aromatic carbocycles. The number of aromatic nitrogens is 2. The molecule has 0 radical (unpaired) electrons. The number of ether oxygens (including phenoxy) is 1. The first-order valence-corrected chi connectivity index (χ1v) is 5.12. The molecule has 0 fully saturated rings. The van der Waals surface area contributed by atoms with E-state index in [2.05, 4.69) is 21.0 Å². The Bertz CT molecular complexity index is 397. The Morgan fingerprint density at radius 2 is 2.29 bits per heavy atom. The zero-order chi connectivity index (χ0) is 10.3. The minimum Gasteiger partial charge on any atom is -0.493 e. The Morgan fingerprint density at radius 1 is 1.57 bits per heavy atom. The second kappa shape index (κ2) is 3.31. The number of hydrogen-bond acceptors (Lipinski definition) is 3. The van der Waals surface area contributed by atoms with Crippen LogP contribution in [0.5, 0.6) is 0 Å². The van der Waals surface area contributed by atoms with Gasteiger partial charge in [0, 0.05) is 18.8 Å². The molecule has 0 unspecified atom stereocenters. The summed E-state index contributed by atoms with van der Waals surface area (Å²) < 4.78 is 8.13. The molecule has 14 heavy (non-hydrogen) atoms. The van der Waals surface area contributed by atoms with Crippen molar-refractivity contribution in [3.63, 3.8) is 0 Å². The molecule has 0 amide bonds. The summed E-state index contributed by atoms with van der Waals surface area (Å²) in [5, 5.41) is 4.37. The van der Waals surface area contributed by atoms with Crippen molar-refractivity contribution in [2.45, 2.75) is 13.6 Å². The minimum absolute atomic E-state index is 0.759. The van der Waals surface area contributed by atoms with Gasteiger partial charge in [-0.2, -0.15) is 5.10 Å². The van der Waals surface area contributed by atoms with Crippen molar-refractivity contribution in [3.8, 4) is 0 Å². The lowest BCUT2D eigenvalue weighted by Gasteiger charge is -2.23. The molecule has 1 aromatic heterocycles. The van der Waals surface area contributed by atoms with Crippen LogP contribution in [0.2, 0.25) is 0 Å². The molecule has 0 atom stereocenters. The lowest BCUT2D eigenvalue weighted by Crippen LogP contribution is -2.24. The van der Waals surface area contributed by atoms with E-state index in [0.29, 0.717) is 0 Å². The summed E-state index contributed by atoms with van der Waals surface area (Å²) in [6.45, 7) is 2.79. The van der Waals surface area contributed by atoms with Crippen LogP contribution < -0.4 is 0 Å².